The third kappa shape index (κ3) is 3.22. The lowest BCUT2D eigenvalue weighted by atomic mass is 10.1. The summed E-state index contributed by atoms with van der Waals surface area (Å²) in [7, 11) is 0. The molecule has 5 nitrogen and oxygen atoms in total. The van der Waals surface area contributed by atoms with Crippen molar-refractivity contribution in [1.29, 1.82) is 0 Å². The Morgan fingerprint density at radius 2 is 1.88 bits per heavy atom. The molecule has 0 N–H and O–H groups in total. The van der Waals surface area contributed by atoms with Crippen LogP contribution in [-0.4, -0.2) is 32.1 Å². The van der Waals surface area contributed by atoms with Crippen molar-refractivity contribution in [3.05, 3.63) is 76.8 Å². The van der Waals surface area contributed by atoms with Crippen LogP contribution in [0, 0.1) is 0 Å². The van der Waals surface area contributed by atoms with Crippen molar-refractivity contribution in [2.45, 2.75) is 18.9 Å². The Hall–Kier alpha value is -2.47. The first-order valence-electron chi connectivity index (χ1n) is 8.24. The van der Waals surface area contributed by atoms with Gasteiger partial charge in [0.1, 0.15) is 0 Å². The van der Waals surface area contributed by atoms with E-state index in [0.717, 1.165) is 35.1 Å². The molecule has 0 bridgehead atoms. The zero-order valence-electron chi connectivity index (χ0n) is 13.5. The summed E-state index contributed by atoms with van der Waals surface area (Å²) >= 11 is 3.39. The largest absolute Gasteiger partial charge is 0.332 e. The van der Waals surface area contributed by atoms with Crippen LogP contribution in [0.4, 0.5) is 0 Å². The number of aromatic nitrogens is 3. The summed E-state index contributed by atoms with van der Waals surface area (Å²) in [6.45, 7) is 0.791. The van der Waals surface area contributed by atoms with Crippen LogP contribution < -0.4 is 0 Å². The molecule has 1 atom stereocenters. The van der Waals surface area contributed by atoms with E-state index in [2.05, 4.69) is 26.0 Å². The van der Waals surface area contributed by atoms with Gasteiger partial charge in [-0.3, -0.25) is 9.78 Å². The minimum Gasteiger partial charge on any atom is -0.332 e. The summed E-state index contributed by atoms with van der Waals surface area (Å²) in [5.74, 6) is 0.0764. The van der Waals surface area contributed by atoms with Gasteiger partial charge >= 0.3 is 0 Å². The van der Waals surface area contributed by atoms with Gasteiger partial charge in [0.05, 0.1) is 22.4 Å². The van der Waals surface area contributed by atoms with E-state index in [1.165, 1.54) is 0 Å². The summed E-state index contributed by atoms with van der Waals surface area (Å²) in [6.07, 6.45) is 9.22. The summed E-state index contributed by atoms with van der Waals surface area (Å²) in [5, 5.41) is 4.26. The lowest BCUT2D eigenvalue weighted by molar-refractivity contribution is 0.0735. The maximum Gasteiger partial charge on any atom is 0.254 e. The second-order valence-electron chi connectivity index (χ2n) is 6.09. The minimum absolute atomic E-state index is 0.0764. The van der Waals surface area contributed by atoms with Crippen LogP contribution in [0.3, 0.4) is 0 Å². The van der Waals surface area contributed by atoms with Crippen LogP contribution >= 0.6 is 15.9 Å². The Bertz CT molecular complexity index is 876. The SMILES string of the molecule is O=C(c1ccc(-n2cc(Br)cn2)cc1)N1CCC[C@@H]1c1ccncc1. The number of carbonyl (C=O) groups excluding carboxylic acids is 1. The molecule has 2 aromatic heterocycles. The van der Waals surface area contributed by atoms with Gasteiger partial charge in [-0.05, 0) is 70.7 Å². The normalized spacial score (nSPS) is 17.0. The van der Waals surface area contributed by atoms with Crippen LogP contribution in [0.25, 0.3) is 5.69 Å². The first-order valence-corrected chi connectivity index (χ1v) is 9.03. The standard InChI is InChI=1S/C19H17BrN4O/c20-16-12-22-24(13-16)17-5-3-15(4-6-17)19(25)23-11-1-2-18(23)14-7-9-21-10-8-14/h3-10,12-13,18H,1-2,11H2/t18-/m1/s1. The lowest BCUT2D eigenvalue weighted by Gasteiger charge is -2.25. The highest BCUT2D eigenvalue weighted by Crippen LogP contribution is 2.32. The molecule has 0 saturated carbocycles. The van der Waals surface area contributed by atoms with E-state index < -0.39 is 0 Å². The molecule has 3 heterocycles. The molecule has 1 aromatic carbocycles. The molecular formula is C19H17BrN4O. The summed E-state index contributed by atoms with van der Waals surface area (Å²) in [5.41, 5.74) is 2.78. The highest BCUT2D eigenvalue weighted by Gasteiger charge is 2.30. The van der Waals surface area contributed by atoms with Crippen molar-refractivity contribution in [3.63, 3.8) is 0 Å². The van der Waals surface area contributed by atoms with E-state index in [4.69, 9.17) is 0 Å². The van der Waals surface area contributed by atoms with Gasteiger partial charge in [0.25, 0.3) is 5.91 Å². The summed E-state index contributed by atoms with van der Waals surface area (Å²) in [4.78, 5) is 19.0. The second kappa shape index (κ2) is 6.80. The molecular weight excluding hydrogens is 380 g/mol. The molecule has 25 heavy (non-hydrogen) atoms. The zero-order chi connectivity index (χ0) is 17.2. The molecule has 3 aromatic rings. The van der Waals surface area contributed by atoms with Crippen LogP contribution in [0.15, 0.2) is 65.7 Å². The zero-order valence-corrected chi connectivity index (χ0v) is 15.1. The monoisotopic (exact) mass is 396 g/mol. The minimum atomic E-state index is 0.0764. The fourth-order valence-electron chi connectivity index (χ4n) is 3.31. The van der Waals surface area contributed by atoms with Gasteiger partial charge in [-0.15, -0.1) is 0 Å². The Morgan fingerprint density at radius 3 is 2.56 bits per heavy atom. The summed E-state index contributed by atoms with van der Waals surface area (Å²) in [6, 6.07) is 11.7. The van der Waals surface area contributed by atoms with Gasteiger partial charge in [0.2, 0.25) is 0 Å². The van der Waals surface area contributed by atoms with E-state index in [-0.39, 0.29) is 11.9 Å². The molecule has 6 heteroatoms. The Balaban J connectivity index is 1.56. The molecule has 1 aliphatic rings. The number of nitrogens with zero attached hydrogens (tertiary/aromatic N) is 4. The predicted octanol–water partition coefficient (Wildman–Crippen LogP) is 4.01. The van der Waals surface area contributed by atoms with Gasteiger partial charge in [0, 0.05) is 30.7 Å². The van der Waals surface area contributed by atoms with Gasteiger partial charge in [0.15, 0.2) is 0 Å². The smallest absolute Gasteiger partial charge is 0.254 e. The third-order valence-corrected chi connectivity index (χ3v) is 4.94. The third-order valence-electron chi connectivity index (χ3n) is 4.53. The number of hydrogen-bond donors (Lipinski definition) is 0. The first-order chi connectivity index (χ1) is 12.2. The summed E-state index contributed by atoms with van der Waals surface area (Å²) < 4.78 is 2.69. The quantitative estimate of drug-likeness (QED) is 0.671. The van der Waals surface area contributed by atoms with Crippen molar-refractivity contribution >= 4 is 21.8 Å². The molecule has 0 aliphatic carbocycles. The number of amides is 1. The van der Waals surface area contributed by atoms with E-state index in [0.29, 0.717) is 5.56 Å². The lowest BCUT2D eigenvalue weighted by Crippen LogP contribution is -2.30. The molecule has 1 fully saturated rings. The average molecular weight is 397 g/mol. The maximum atomic E-state index is 13.0. The number of pyridine rings is 1. The Morgan fingerprint density at radius 1 is 1.12 bits per heavy atom. The molecule has 126 valence electrons. The van der Waals surface area contributed by atoms with E-state index in [1.807, 2.05) is 47.5 Å². The van der Waals surface area contributed by atoms with Crippen LogP contribution in [0.2, 0.25) is 0 Å². The second-order valence-corrected chi connectivity index (χ2v) is 7.00. The van der Waals surface area contributed by atoms with Gasteiger partial charge in [-0.2, -0.15) is 5.10 Å². The van der Waals surface area contributed by atoms with Gasteiger partial charge in [-0.1, -0.05) is 0 Å². The Labute approximate surface area is 154 Å². The van der Waals surface area contributed by atoms with Crippen molar-refractivity contribution in [2.75, 3.05) is 6.54 Å². The molecule has 0 unspecified atom stereocenters. The molecule has 0 spiro atoms. The van der Waals surface area contributed by atoms with E-state index in [9.17, 15) is 4.79 Å². The van der Waals surface area contributed by atoms with E-state index >= 15 is 0 Å². The first kappa shape index (κ1) is 16.0. The maximum absolute atomic E-state index is 13.0. The number of benzene rings is 1. The number of carbonyl (C=O) groups is 1. The topological polar surface area (TPSA) is 51.0 Å². The molecule has 1 amide bonds. The fraction of sp³-hybridized carbons (Fsp3) is 0.211. The van der Waals surface area contributed by atoms with Crippen molar-refractivity contribution in [3.8, 4) is 5.69 Å². The highest BCUT2D eigenvalue weighted by atomic mass is 79.9. The van der Waals surface area contributed by atoms with Gasteiger partial charge in [-0.25, -0.2) is 4.68 Å². The molecule has 4 rings (SSSR count). The van der Waals surface area contributed by atoms with Crippen molar-refractivity contribution in [1.82, 2.24) is 19.7 Å². The van der Waals surface area contributed by atoms with Crippen LogP contribution in [-0.2, 0) is 0 Å². The fourth-order valence-corrected chi connectivity index (χ4v) is 3.59. The highest BCUT2D eigenvalue weighted by molar-refractivity contribution is 9.10. The van der Waals surface area contributed by atoms with Crippen LogP contribution in [0.1, 0.15) is 34.8 Å². The average Bonchev–Trinajstić information content (AvgIpc) is 3.31. The molecule has 0 radical (unpaired) electrons. The number of rotatable bonds is 3. The van der Waals surface area contributed by atoms with Crippen LogP contribution in [0.5, 0.6) is 0 Å². The predicted molar refractivity (Wildman–Crippen MR) is 98.5 cm³/mol. The number of likely N-dealkylation sites (tertiary alicyclic amines) is 1. The molecule has 1 saturated heterocycles. The number of halogens is 1. The molecule has 1 aliphatic heterocycles. The number of hydrogen-bond acceptors (Lipinski definition) is 3. The Kier molecular flexibility index (Phi) is 4.36. The van der Waals surface area contributed by atoms with Crippen molar-refractivity contribution < 1.29 is 4.79 Å². The van der Waals surface area contributed by atoms with E-state index in [1.54, 1.807) is 23.3 Å². The van der Waals surface area contributed by atoms with Crippen molar-refractivity contribution in [2.24, 2.45) is 0 Å². The van der Waals surface area contributed by atoms with Gasteiger partial charge < -0.3 is 4.90 Å².